The average Bonchev–Trinajstić information content (AvgIpc) is 2.88. The third-order valence-corrected chi connectivity index (χ3v) is 3.70. The van der Waals surface area contributed by atoms with Crippen molar-refractivity contribution in [2.45, 2.75) is 18.9 Å². The molecular weight excluding hydrogens is 257 g/mol. The van der Waals surface area contributed by atoms with E-state index in [1.807, 2.05) is 7.05 Å². The van der Waals surface area contributed by atoms with Gasteiger partial charge in [-0.15, -0.1) is 0 Å². The van der Waals surface area contributed by atoms with Gasteiger partial charge in [0.1, 0.15) is 5.82 Å². The molecule has 0 aliphatic carbocycles. The van der Waals surface area contributed by atoms with Crippen molar-refractivity contribution in [3.63, 3.8) is 0 Å². The lowest BCUT2D eigenvalue weighted by Crippen LogP contribution is -2.38. The summed E-state index contributed by atoms with van der Waals surface area (Å²) in [6, 6.07) is 6.89. The Kier molecular flexibility index (Phi) is 5.49. The monoisotopic (exact) mass is 279 g/mol. The van der Waals surface area contributed by atoms with Gasteiger partial charge >= 0.3 is 0 Å². The van der Waals surface area contributed by atoms with E-state index in [1.54, 1.807) is 12.1 Å². The Balaban J connectivity index is 1.64. The molecule has 2 rings (SSSR count). The van der Waals surface area contributed by atoms with E-state index >= 15 is 0 Å². The van der Waals surface area contributed by atoms with E-state index in [-0.39, 0.29) is 11.7 Å². The SMILES string of the molecule is CNC1CCN(CC(=O)NCCc2ccc(F)cc2)C1. The number of benzene rings is 1. The second-order valence-electron chi connectivity index (χ2n) is 5.24. The molecule has 1 heterocycles. The van der Waals surface area contributed by atoms with Crippen LogP contribution >= 0.6 is 0 Å². The first-order chi connectivity index (χ1) is 9.67. The van der Waals surface area contributed by atoms with Gasteiger partial charge in [0.2, 0.25) is 5.91 Å². The Labute approximate surface area is 119 Å². The van der Waals surface area contributed by atoms with Crippen LogP contribution in [0.15, 0.2) is 24.3 Å². The quantitative estimate of drug-likeness (QED) is 0.809. The van der Waals surface area contributed by atoms with E-state index in [4.69, 9.17) is 0 Å². The van der Waals surface area contributed by atoms with Gasteiger partial charge < -0.3 is 10.6 Å². The zero-order valence-electron chi connectivity index (χ0n) is 11.9. The van der Waals surface area contributed by atoms with Crippen LogP contribution in [0.1, 0.15) is 12.0 Å². The van der Waals surface area contributed by atoms with Gasteiger partial charge in [0.05, 0.1) is 6.54 Å². The maximum Gasteiger partial charge on any atom is 0.234 e. The fraction of sp³-hybridized carbons (Fsp3) is 0.533. The second-order valence-corrected chi connectivity index (χ2v) is 5.24. The number of amides is 1. The highest BCUT2D eigenvalue weighted by molar-refractivity contribution is 5.78. The molecule has 0 saturated carbocycles. The van der Waals surface area contributed by atoms with Crippen molar-refractivity contribution >= 4 is 5.91 Å². The molecule has 1 amide bonds. The number of halogens is 1. The normalized spacial score (nSPS) is 19.2. The van der Waals surface area contributed by atoms with E-state index in [1.165, 1.54) is 12.1 Å². The summed E-state index contributed by atoms with van der Waals surface area (Å²) in [6.07, 6.45) is 1.82. The summed E-state index contributed by atoms with van der Waals surface area (Å²) in [7, 11) is 1.96. The fourth-order valence-electron chi connectivity index (χ4n) is 2.47. The van der Waals surface area contributed by atoms with E-state index in [0.717, 1.165) is 31.5 Å². The first-order valence-electron chi connectivity index (χ1n) is 7.08. The number of rotatable bonds is 6. The summed E-state index contributed by atoms with van der Waals surface area (Å²) >= 11 is 0. The lowest BCUT2D eigenvalue weighted by molar-refractivity contribution is -0.122. The Bertz CT molecular complexity index is 435. The topological polar surface area (TPSA) is 44.4 Å². The fourth-order valence-corrected chi connectivity index (χ4v) is 2.47. The highest BCUT2D eigenvalue weighted by atomic mass is 19.1. The minimum absolute atomic E-state index is 0.0591. The van der Waals surface area contributed by atoms with Crippen LogP contribution in [-0.2, 0) is 11.2 Å². The molecule has 1 aliphatic rings. The Hall–Kier alpha value is -1.46. The van der Waals surface area contributed by atoms with E-state index in [9.17, 15) is 9.18 Å². The third kappa shape index (κ3) is 4.58. The third-order valence-electron chi connectivity index (χ3n) is 3.70. The smallest absolute Gasteiger partial charge is 0.234 e. The summed E-state index contributed by atoms with van der Waals surface area (Å²) in [5, 5.41) is 6.14. The molecule has 0 aromatic heterocycles. The molecule has 1 fully saturated rings. The van der Waals surface area contributed by atoms with E-state index in [0.29, 0.717) is 19.1 Å². The van der Waals surface area contributed by atoms with E-state index < -0.39 is 0 Å². The number of likely N-dealkylation sites (N-methyl/N-ethyl adjacent to an activating group) is 1. The molecule has 2 N–H and O–H groups in total. The summed E-state index contributed by atoms with van der Waals surface area (Å²) < 4.78 is 12.7. The molecule has 1 saturated heterocycles. The van der Waals surface area contributed by atoms with Crippen LogP contribution in [0.5, 0.6) is 0 Å². The summed E-state index contributed by atoms with van der Waals surface area (Å²) in [4.78, 5) is 14.0. The zero-order chi connectivity index (χ0) is 14.4. The summed E-state index contributed by atoms with van der Waals surface area (Å²) in [5.74, 6) is -0.172. The number of hydrogen-bond acceptors (Lipinski definition) is 3. The number of likely N-dealkylation sites (tertiary alicyclic amines) is 1. The van der Waals surface area contributed by atoms with Crippen LogP contribution < -0.4 is 10.6 Å². The summed E-state index contributed by atoms with van der Waals surface area (Å²) in [5.41, 5.74) is 1.03. The van der Waals surface area contributed by atoms with Gasteiger partial charge in [0.25, 0.3) is 0 Å². The maximum atomic E-state index is 12.7. The molecule has 1 unspecified atom stereocenters. The van der Waals surface area contributed by atoms with Crippen LogP contribution in [-0.4, -0.2) is 50.1 Å². The van der Waals surface area contributed by atoms with Crippen molar-refractivity contribution in [2.24, 2.45) is 0 Å². The Morgan fingerprint density at radius 3 is 2.80 bits per heavy atom. The van der Waals surface area contributed by atoms with Crippen molar-refractivity contribution in [1.82, 2.24) is 15.5 Å². The summed E-state index contributed by atoms with van der Waals surface area (Å²) in [6.45, 7) is 2.95. The number of hydrogen-bond donors (Lipinski definition) is 2. The average molecular weight is 279 g/mol. The molecular formula is C15H22FN3O. The lowest BCUT2D eigenvalue weighted by Gasteiger charge is -2.15. The maximum absolute atomic E-state index is 12.7. The Morgan fingerprint density at radius 2 is 2.15 bits per heavy atom. The van der Waals surface area contributed by atoms with Crippen LogP contribution in [0.4, 0.5) is 4.39 Å². The predicted octanol–water partition coefficient (Wildman–Crippen LogP) is 0.778. The molecule has 1 aromatic rings. The number of nitrogens with zero attached hydrogens (tertiary/aromatic N) is 1. The Morgan fingerprint density at radius 1 is 1.40 bits per heavy atom. The molecule has 0 radical (unpaired) electrons. The first-order valence-corrected chi connectivity index (χ1v) is 7.08. The molecule has 4 nitrogen and oxygen atoms in total. The second kappa shape index (κ2) is 7.36. The minimum atomic E-state index is -0.231. The van der Waals surface area contributed by atoms with Gasteiger partial charge in [-0.2, -0.15) is 0 Å². The highest BCUT2D eigenvalue weighted by Crippen LogP contribution is 2.07. The van der Waals surface area contributed by atoms with Crippen molar-refractivity contribution in [1.29, 1.82) is 0 Å². The van der Waals surface area contributed by atoms with Gasteiger partial charge in [0.15, 0.2) is 0 Å². The zero-order valence-corrected chi connectivity index (χ0v) is 11.9. The standard InChI is InChI=1S/C15H22FN3O/c1-17-14-7-9-19(10-14)11-15(20)18-8-6-12-2-4-13(16)5-3-12/h2-5,14,17H,6-11H2,1H3,(H,18,20). The van der Waals surface area contributed by atoms with Crippen LogP contribution in [0.3, 0.4) is 0 Å². The number of carbonyl (C=O) groups excluding carboxylic acids is 1. The molecule has 1 atom stereocenters. The predicted molar refractivity (Wildman–Crippen MR) is 77.0 cm³/mol. The minimum Gasteiger partial charge on any atom is -0.355 e. The molecule has 110 valence electrons. The lowest BCUT2D eigenvalue weighted by atomic mass is 10.1. The van der Waals surface area contributed by atoms with Gasteiger partial charge in [-0.25, -0.2) is 4.39 Å². The van der Waals surface area contributed by atoms with Crippen molar-refractivity contribution in [3.8, 4) is 0 Å². The van der Waals surface area contributed by atoms with Gasteiger partial charge in [-0.3, -0.25) is 9.69 Å². The molecule has 5 heteroatoms. The first kappa shape index (κ1) is 14.9. The molecule has 0 bridgehead atoms. The van der Waals surface area contributed by atoms with Crippen LogP contribution in [0, 0.1) is 5.82 Å². The van der Waals surface area contributed by atoms with E-state index in [2.05, 4.69) is 15.5 Å². The molecule has 1 aliphatic heterocycles. The number of nitrogens with one attached hydrogen (secondary N) is 2. The molecule has 20 heavy (non-hydrogen) atoms. The largest absolute Gasteiger partial charge is 0.355 e. The van der Waals surface area contributed by atoms with Crippen LogP contribution in [0.25, 0.3) is 0 Å². The van der Waals surface area contributed by atoms with Crippen molar-refractivity contribution in [2.75, 3.05) is 33.2 Å². The van der Waals surface area contributed by atoms with Crippen molar-refractivity contribution < 1.29 is 9.18 Å². The molecule has 1 aromatic carbocycles. The van der Waals surface area contributed by atoms with Gasteiger partial charge in [0, 0.05) is 25.7 Å². The molecule has 0 spiro atoms. The highest BCUT2D eigenvalue weighted by Gasteiger charge is 2.22. The number of carbonyl (C=O) groups is 1. The van der Waals surface area contributed by atoms with Crippen molar-refractivity contribution in [3.05, 3.63) is 35.6 Å². The van der Waals surface area contributed by atoms with Gasteiger partial charge in [-0.1, -0.05) is 12.1 Å². The van der Waals surface area contributed by atoms with Gasteiger partial charge in [-0.05, 0) is 37.6 Å². The van der Waals surface area contributed by atoms with Crippen LogP contribution in [0.2, 0.25) is 0 Å².